The summed E-state index contributed by atoms with van der Waals surface area (Å²) in [6.07, 6.45) is -1.52. The molecular formula is C16H17F3N4O3. The van der Waals surface area contributed by atoms with Gasteiger partial charge in [0.05, 0.1) is 0 Å². The highest BCUT2D eigenvalue weighted by atomic mass is 19.4. The van der Waals surface area contributed by atoms with Crippen molar-refractivity contribution in [3.05, 3.63) is 29.8 Å². The Morgan fingerprint density at radius 2 is 2.27 bits per heavy atom. The second-order valence-corrected chi connectivity index (χ2v) is 6.01. The summed E-state index contributed by atoms with van der Waals surface area (Å²) in [5, 5.41) is 3.36. The first-order valence-corrected chi connectivity index (χ1v) is 8.02. The highest BCUT2D eigenvalue weighted by Gasteiger charge is 2.38. The third-order valence-electron chi connectivity index (χ3n) is 4.19. The van der Waals surface area contributed by atoms with Crippen LogP contribution in [0.1, 0.15) is 30.2 Å². The zero-order chi connectivity index (χ0) is 18.7. The van der Waals surface area contributed by atoms with Gasteiger partial charge in [-0.2, -0.15) is 18.2 Å². The Balaban J connectivity index is 1.79. The molecule has 1 fully saturated rings. The predicted octanol–water partition coefficient (Wildman–Crippen LogP) is 2.50. The summed E-state index contributed by atoms with van der Waals surface area (Å²) in [7, 11) is 1.47. The van der Waals surface area contributed by atoms with Gasteiger partial charge in [-0.05, 0) is 30.5 Å². The topological polar surface area (TPSA) is 81.4 Å². The number of rotatable bonds is 4. The number of hydrogen-bond acceptors (Lipinski definition) is 6. The van der Waals surface area contributed by atoms with Crippen molar-refractivity contribution in [2.45, 2.75) is 24.9 Å². The van der Waals surface area contributed by atoms with Crippen molar-refractivity contribution >= 4 is 5.91 Å². The van der Waals surface area contributed by atoms with Crippen molar-refractivity contribution in [3.63, 3.8) is 0 Å². The number of amides is 1. The standard InChI is InChI=1S/C16H17F3N4O3/c1-25-9-13(24)23-6-2-3-11(8-23)10-4-5-20-12(7-10)14-21-15(26-22-14)16(17,18)19/h4-5,7,11H,2-3,6,8-9H2,1H3. The Bertz CT molecular complexity index is 778. The molecule has 1 amide bonds. The molecule has 0 N–H and O–H groups in total. The van der Waals surface area contributed by atoms with Crippen molar-refractivity contribution in [2.24, 2.45) is 0 Å². The number of hydrogen-bond donors (Lipinski definition) is 0. The van der Waals surface area contributed by atoms with Gasteiger partial charge in [0.15, 0.2) is 0 Å². The van der Waals surface area contributed by atoms with Crippen LogP contribution in [0.15, 0.2) is 22.9 Å². The molecule has 0 saturated carbocycles. The molecule has 0 bridgehead atoms. The molecule has 1 saturated heterocycles. The summed E-state index contributed by atoms with van der Waals surface area (Å²) in [6, 6.07) is 3.42. The van der Waals surface area contributed by atoms with E-state index in [1.165, 1.54) is 13.3 Å². The van der Waals surface area contributed by atoms with Crippen molar-refractivity contribution in [3.8, 4) is 11.5 Å². The number of halogens is 3. The molecule has 10 heteroatoms. The molecule has 7 nitrogen and oxygen atoms in total. The second kappa shape index (κ2) is 7.40. The molecule has 0 aliphatic carbocycles. The maximum Gasteiger partial charge on any atom is 0.471 e. The van der Waals surface area contributed by atoms with Crippen LogP contribution in [0.3, 0.4) is 0 Å². The van der Waals surface area contributed by atoms with Gasteiger partial charge >= 0.3 is 12.1 Å². The van der Waals surface area contributed by atoms with Gasteiger partial charge < -0.3 is 14.2 Å². The second-order valence-electron chi connectivity index (χ2n) is 6.01. The molecule has 2 aromatic rings. The summed E-state index contributed by atoms with van der Waals surface area (Å²) in [6.45, 7) is 1.21. The number of carbonyl (C=O) groups excluding carboxylic acids is 1. The third kappa shape index (κ3) is 4.01. The minimum absolute atomic E-state index is 0.0252. The van der Waals surface area contributed by atoms with Gasteiger partial charge in [0.2, 0.25) is 11.7 Å². The van der Waals surface area contributed by atoms with E-state index in [0.717, 1.165) is 18.4 Å². The van der Waals surface area contributed by atoms with Gasteiger partial charge in [0.25, 0.3) is 0 Å². The van der Waals surface area contributed by atoms with E-state index in [0.29, 0.717) is 13.1 Å². The van der Waals surface area contributed by atoms with Crippen LogP contribution < -0.4 is 0 Å². The Morgan fingerprint density at radius 3 is 2.96 bits per heavy atom. The molecule has 26 heavy (non-hydrogen) atoms. The number of ether oxygens (including phenoxy) is 1. The van der Waals surface area contributed by atoms with Crippen LogP contribution >= 0.6 is 0 Å². The average Bonchev–Trinajstić information content (AvgIpc) is 3.13. The first-order chi connectivity index (χ1) is 12.4. The Labute approximate surface area is 147 Å². The van der Waals surface area contributed by atoms with Gasteiger partial charge in [-0.15, -0.1) is 0 Å². The van der Waals surface area contributed by atoms with Gasteiger partial charge in [0, 0.05) is 32.3 Å². The summed E-state index contributed by atoms with van der Waals surface area (Å²) in [5.41, 5.74) is 1.06. The Morgan fingerprint density at radius 1 is 1.46 bits per heavy atom. The first-order valence-electron chi connectivity index (χ1n) is 8.02. The molecule has 1 unspecified atom stereocenters. The van der Waals surface area contributed by atoms with E-state index >= 15 is 0 Å². The van der Waals surface area contributed by atoms with Gasteiger partial charge in [-0.1, -0.05) is 5.16 Å². The molecule has 1 atom stereocenters. The fraction of sp³-hybridized carbons (Fsp3) is 0.500. The quantitative estimate of drug-likeness (QED) is 0.823. The number of aromatic nitrogens is 3. The van der Waals surface area contributed by atoms with Crippen LogP contribution in [-0.2, 0) is 15.7 Å². The first kappa shape index (κ1) is 18.3. The maximum absolute atomic E-state index is 12.6. The SMILES string of the molecule is COCC(=O)N1CCCC(c2ccnc(-c3noc(C(F)(F)F)n3)c2)C1. The number of likely N-dealkylation sites (tertiary alicyclic amines) is 1. The third-order valence-corrected chi connectivity index (χ3v) is 4.19. The lowest BCUT2D eigenvalue weighted by Gasteiger charge is -2.33. The Kier molecular flexibility index (Phi) is 5.21. The summed E-state index contributed by atoms with van der Waals surface area (Å²) >= 11 is 0. The Hall–Kier alpha value is -2.49. The van der Waals surface area contributed by atoms with Crippen molar-refractivity contribution in [1.29, 1.82) is 0 Å². The van der Waals surface area contributed by atoms with Gasteiger partial charge in [-0.3, -0.25) is 9.78 Å². The minimum Gasteiger partial charge on any atom is -0.375 e. The number of alkyl halides is 3. The summed E-state index contributed by atoms with van der Waals surface area (Å²) < 4.78 is 46.9. The fourth-order valence-electron chi connectivity index (χ4n) is 2.96. The molecule has 3 heterocycles. The van der Waals surface area contributed by atoms with Crippen molar-refractivity contribution in [1.82, 2.24) is 20.0 Å². The zero-order valence-electron chi connectivity index (χ0n) is 14.0. The molecule has 1 aliphatic rings. The number of piperidine rings is 1. The lowest BCUT2D eigenvalue weighted by molar-refractivity contribution is -0.159. The molecule has 2 aromatic heterocycles. The highest BCUT2D eigenvalue weighted by molar-refractivity contribution is 5.77. The normalized spacial score (nSPS) is 18.2. The van der Waals surface area contributed by atoms with E-state index in [4.69, 9.17) is 4.74 Å². The minimum atomic E-state index is -4.70. The lowest BCUT2D eigenvalue weighted by atomic mass is 9.90. The van der Waals surface area contributed by atoms with Gasteiger partial charge in [0.1, 0.15) is 12.3 Å². The van der Waals surface area contributed by atoms with E-state index < -0.39 is 12.1 Å². The highest BCUT2D eigenvalue weighted by Crippen LogP contribution is 2.31. The van der Waals surface area contributed by atoms with Crippen LogP contribution in [0.25, 0.3) is 11.5 Å². The summed E-state index contributed by atoms with van der Waals surface area (Å²) in [4.78, 5) is 21.1. The molecule has 1 aliphatic heterocycles. The molecule has 0 aromatic carbocycles. The molecule has 0 spiro atoms. The zero-order valence-corrected chi connectivity index (χ0v) is 14.0. The van der Waals surface area contributed by atoms with Crippen LogP contribution in [0.2, 0.25) is 0 Å². The fourth-order valence-corrected chi connectivity index (χ4v) is 2.96. The number of nitrogens with zero attached hydrogens (tertiary/aromatic N) is 4. The lowest BCUT2D eigenvalue weighted by Crippen LogP contribution is -2.40. The monoisotopic (exact) mass is 370 g/mol. The largest absolute Gasteiger partial charge is 0.471 e. The van der Waals surface area contributed by atoms with Crippen molar-refractivity contribution < 1.29 is 27.2 Å². The summed E-state index contributed by atoms with van der Waals surface area (Å²) in [5.74, 6) is -1.66. The smallest absolute Gasteiger partial charge is 0.375 e. The predicted molar refractivity (Wildman–Crippen MR) is 83.0 cm³/mol. The molecule has 3 rings (SSSR count). The average molecular weight is 370 g/mol. The molecule has 140 valence electrons. The van der Waals surface area contributed by atoms with Crippen LogP contribution in [0.5, 0.6) is 0 Å². The van der Waals surface area contributed by atoms with Crippen molar-refractivity contribution in [2.75, 3.05) is 26.8 Å². The number of methoxy groups -OCH3 is 1. The van der Waals surface area contributed by atoms with E-state index in [-0.39, 0.29) is 30.0 Å². The van der Waals surface area contributed by atoms with Crippen LogP contribution in [-0.4, -0.2) is 52.7 Å². The maximum atomic E-state index is 12.6. The van der Waals surface area contributed by atoms with E-state index in [1.54, 1.807) is 17.0 Å². The van der Waals surface area contributed by atoms with Crippen LogP contribution in [0.4, 0.5) is 13.2 Å². The van der Waals surface area contributed by atoms with Crippen LogP contribution in [0, 0.1) is 0 Å². The van der Waals surface area contributed by atoms with E-state index in [9.17, 15) is 18.0 Å². The molecule has 0 radical (unpaired) electrons. The van der Waals surface area contributed by atoms with E-state index in [2.05, 4.69) is 19.6 Å². The van der Waals surface area contributed by atoms with E-state index in [1.807, 2.05) is 0 Å². The van der Waals surface area contributed by atoms with Gasteiger partial charge in [-0.25, -0.2) is 0 Å². The number of pyridine rings is 1. The molecular weight excluding hydrogens is 353 g/mol. The number of carbonyl (C=O) groups is 1.